The maximum absolute atomic E-state index is 12.1. The summed E-state index contributed by atoms with van der Waals surface area (Å²) in [6.45, 7) is 0. The number of nitrogens with zero attached hydrogens (tertiary/aromatic N) is 3. The number of aryl methyl sites for hydroxylation is 3. The van der Waals surface area contributed by atoms with Gasteiger partial charge in [-0.1, -0.05) is 12.1 Å². The van der Waals surface area contributed by atoms with Gasteiger partial charge in [0.2, 0.25) is 5.91 Å². The van der Waals surface area contributed by atoms with E-state index >= 15 is 0 Å². The van der Waals surface area contributed by atoms with Crippen LogP contribution < -0.4 is 5.32 Å². The minimum atomic E-state index is -0.0755. The number of nitrogens with one attached hydrogen (secondary N) is 1. The topological polar surface area (TPSA) is 59.8 Å². The van der Waals surface area contributed by atoms with Crippen molar-refractivity contribution in [2.24, 2.45) is 7.05 Å². The summed E-state index contributed by atoms with van der Waals surface area (Å²) in [6, 6.07) is 6.57. The summed E-state index contributed by atoms with van der Waals surface area (Å²) in [5, 5.41) is 5.51. The van der Waals surface area contributed by atoms with Gasteiger partial charge >= 0.3 is 0 Å². The lowest BCUT2D eigenvalue weighted by Gasteiger charge is -2.03. The lowest BCUT2D eigenvalue weighted by molar-refractivity contribution is -0.115. The first-order valence-electron chi connectivity index (χ1n) is 8.02. The molecule has 1 N–H and O–H groups in total. The highest BCUT2D eigenvalue weighted by Crippen LogP contribution is 2.30. The second kappa shape index (κ2) is 6.20. The Morgan fingerprint density at radius 3 is 3.04 bits per heavy atom. The van der Waals surface area contributed by atoms with E-state index in [4.69, 9.17) is 0 Å². The van der Waals surface area contributed by atoms with Crippen molar-refractivity contribution in [3.8, 4) is 11.3 Å². The monoisotopic (exact) mass is 338 g/mol. The average Bonchev–Trinajstić information content (AvgIpc) is 3.28. The number of fused-ring (bicyclic) bond motifs is 1. The van der Waals surface area contributed by atoms with E-state index in [2.05, 4.69) is 33.5 Å². The first-order valence-corrected chi connectivity index (χ1v) is 8.90. The number of anilines is 1. The maximum Gasteiger partial charge on any atom is 0.232 e. The third kappa shape index (κ3) is 2.97. The molecule has 1 aromatic carbocycles. The number of aromatic nitrogens is 3. The van der Waals surface area contributed by atoms with E-state index in [-0.39, 0.29) is 5.91 Å². The van der Waals surface area contributed by atoms with Crippen LogP contribution in [0, 0.1) is 0 Å². The Balaban J connectivity index is 1.47. The van der Waals surface area contributed by atoms with Crippen LogP contribution in [0.25, 0.3) is 11.3 Å². The van der Waals surface area contributed by atoms with Crippen molar-refractivity contribution < 1.29 is 4.79 Å². The Morgan fingerprint density at radius 1 is 1.33 bits per heavy atom. The van der Waals surface area contributed by atoms with E-state index in [0.717, 1.165) is 23.4 Å². The Hall–Kier alpha value is -2.47. The Labute approximate surface area is 144 Å². The van der Waals surface area contributed by atoms with Crippen molar-refractivity contribution >= 4 is 22.4 Å². The molecule has 0 saturated carbocycles. The van der Waals surface area contributed by atoms with Crippen LogP contribution in [0.3, 0.4) is 0 Å². The van der Waals surface area contributed by atoms with E-state index in [1.54, 1.807) is 12.5 Å². The fourth-order valence-electron chi connectivity index (χ4n) is 3.08. The molecular weight excluding hydrogens is 320 g/mol. The third-order valence-electron chi connectivity index (χ3n) is 4.40. The van der Waals surface area contributed by atoms with Gasteiger partial charge in [0.05, 0.1) is 18.4 Å². The molecule has 0 fully saturated rings. The molecule has 0 atom stereocenters. The van der Waals surface area contributed by atoms with Crippen LogP contribution in [0.5, 0.6) is 0 Å². The number of benzene rings is 1. The summed E-state index contributed by atoms with van der Waals surface area (Å²) >= 11 is 1.46. The zero-order valence-electron chi connectivity index (χ0n) is 13.5. The highest BCUT2D eigenvalue weighted by atomic mass is 32.1. The first kappa shape index (κ1) is 15.1. The van der Waals surface area contributed by atoms with Gasteiger partial charge in [0.15, 0.2) is 5.13 Å². The molecule has 0 unspecified atom stereocenters. The molecule has 0 spiro atoms. The van der Waals surface area contributed by atoms with Gasteiger partial charge in [-0.05, 0) is 36.5 Å². The Kier molecular flexibility index (Phi) is 3.90. The number of rotatable bonds is 4. The first-order chi connectivity index (χ1) is 11.7. The summed E-state index contributed by atoms with van der Waals surface area (Å²) in [7, 11) is 1.88. The Morgan fingerprint density at radius 2 is 2.21 bits per heavy atom. The van der Waals surface area contributed by atoms with Gasteiger partial charge in [0.25, 0.3) is 0 Å². The number of amides is 1. The summed E-state index contributed by atoms with van der Waals surface area (Å²) in [5.74, 6) is -0.0755. The molecule has 24 heavy (non-hydrogen) atoms. The number of hydrogen-bond donors (Lipinski definition) is 1. The quantitative estimate of drug-likeness (QED) is 0.794. The van der Waals surface area contributed by atoms with Crippen LogP contribution in [0.15, 0.2) is 36.1 Å². The van der Waals surface area contributed by atoms with Crippen LogP contribution in [0.4, 0.5) is 5.13 Å². The fourth-order valence-corrected chi connectivity index (χ4v) is 3.81. The summed E-state index contributed by atoms with van der Waals surface area (Å²) in [4.78, 5) is 20.7. The van der Waals surface area contributed by atoms with Crippen LogP contribution in [-0.2, 0) is 31.1 Å². The second-order valence-corrected chi connectivity index (χ2v) is 6.95. The average molecular weight is 338 g/mol. The molecule has 4 rings (SSSR count). The van der Waals surface area contributed by atoms with Crippen molar-refractivity contribution in [3.05, 3.63) is 52.9 Å². The predicted molar refractivity (Wildman–Crippen MR) is 95.1 cm³/mol. The molecule has 1 aliphatic rings. The van der Waals surface area contributed by atoms with Crippen molar-refractivity contribution in [2.75, 3.05) is 5.32 Å². The summed E-state index contributed by atoms with van der Waals surface area (Å²) in [6.07, 6.45) is 7.27. The van der Waals surface area contributed by atoms with E-state index in [1.807, 2.05) is 17.0 Å². The fraction of sp³-hybridized carbons (Fsp3) is 0.278. The normalized spacial score (nSPS) is 13.0. The van der Waals surface area contributed by atoms with Gasteiger partial charge in [-0.3, -0.25) is 4.79 Å². The van der Waals surface area contributed by atoms with Gasteiger partial charge in [0, 0.05) is 29.9 Å². The van der Waals surface area contributed by atoms with E-state index < -0.39 is 0 Å². The largest absolute Gasteiger partial charge is 0.337 e. The van der Waals surface area contributed by atoms with Gasteiger partial charge < -0.3 is 9.88 Å². The van der Waals surface area contributed by atoms with E-state index in [9.17, 15) is 4.79 Å². The van der Waals surface area contributed by atoms with Gasteiger partial charge in [-0.2, -0.15) is 0 Å². The molecule has 0 saturated heterocycles. The SMILES string of the molecule is Cn1cncc1CC(=O)Nc1nc(-c2ccc3c(c2)CCC3)cs1. The number of imidazole rings is 1. The standard InChI is InChI=1S/C18H18N4OS/c1-22-11-19-9-15(22)8-17(23)21-18-20-16(10-24-18)14-6-5-12-3-2-4-13(12)7-14/h5-7,9-11H,2-4,8H2,1H3,(H,20,21,23). The van der Waals surface area contributed by atoms with E-state index in [0.29, 0.717) is 11.6 Å². The van der Waals surface area contributed by atoms with Gasteiger partial charge in [-0.25, -0.2) is 9.97 Å². The lowest BCUT2D eigenvalue weighted by atomic mass is 10.1. The smallest absolute Gasteiger partial charge is 0.232 e. The molecular formula is C18H18N4OS. The van der Waals surface area contributed by atoms with Gasteiger partial charge in [-0.15, -0.1) is 11.3 Å². The maximum atomic E-state index is 12.1. The molecule has 5 nitrogen and oxygen atoms in total. The highest BCUT2D eigenvalue weighted by molar-refractivity contribution is 7.14. The molecule has 6 heteroatoms. The van der Waals surface area contributed by atoms with Crippen LogP contribution in [0.2, 0.25) is 0 Å². The molecule has 122 valence electrons. The van der Waals surface area contributed by atoms with Crippen molar-refractivity contribution in [1.29, 1.82) is 0 Å². The third-order valence-corrected chi connectivity index (χ3v) is 5.16. The van der Waals surface area contributed by atoms with Crippen molar-refractivity contribution in [3.63, 3.8) is 0 Å². The Bertz CT molecular complexity index is 896. The predicted octanol–water partition coefficient (Wildman–Crippen LogP) is 3.21. The molecule has 2 aromatic heterocycles. The highest BCUT2D eigenvalue weighted by Gasteiger charge is 2.14. The van der Waals surface area contributed by atoms with Crippen LogP contribution in [-0.4, -0.2) is 20.4 Å². The minimum Gasteiger partial charge on any atom is -0.337 e. The number of carbonyl (C=O) groups is 1. The summed E-state index contributed by atoms with van der Waals surface area (Å²) < 4.78 is 1.84. The molecule has 0 bridgehead atoms. The second-order valence-electron chi connectivity index (χ2n) is 6.10. The number of hydrogen-bond acceptors (Lipinski definition) is 4. The van der Waals surface area contributed by atoms with Crippen LogP contribution >= 0.6 is 11.3 Å². The molecule has 1 amide bonds. The molecule has 2 heterocycles. The number of thiazole rings is 1. The molecule has 3 aromatic rings. The minimum absolute atomic E-state index is 0.0755. The molecule has 0 radical (unpaired) electrons. The van der Waals surface area contributed by atoms with Crippen molar-refractivity contribution in [1.82, 2.24) is 14.5 Å². The number of carbonyl (C=O) groups excluding carboxylic acids is 1. The van der Waals surface area contributed by atoms with E-state index in [1.165, 1.54) is 35.3 Å². The summed E-state index contributed by atoms with van der Waals surface area (Å²) in [5.41, 5.74) is 5.81. The lowest BCUT2D eigenvalue weighted by Crippen LogP contribution is -2.15. The van der Waals surface area contributed by atoms with Crippen molar-refractivity contribution in [2.45, 2.75) is 25.7 Å². The molecule has 1 aliphatic carbocycles. The zero-order chi connectivity index (χ0) is 16.5. The zero-order valence-corrected chi connectivity index (χ0v) is 14.3. The van der Waals surface area contributed by atoms with Crippen LogP contribution in [0.1, 0.15) is 23.2 Å². The molecule has 0 aliphatic heterocycles. The van der Waals surface area contributed by atoms with Gasteiger partial charge in [0.1, 0.15) is 0 Å².